The summed E-state index contributed by atoms with van der Waals surface area (Å²) in [6.45, 7) is 5.88. The summed E-state index contributed by atoms with van der Waals surface area (Å²) in [4.78, 5) is 2.40. The van der Waals surface area contributed by atoms with Crippen LogP contribution in [0.1, 0.15) is 18.5 Å². The minimum atomic E-state index is 0.224. The number of ether oxygens (including phenoxy) is 1. The summed E-state index contributed by atoms with van der Waals surface area (Å²) in [5.41, 5.74) is 0.950. The molecular formula is C13H21N2O2+. The van der Waals surface area contributed by atoms with Crippen molar-refractivity contribution in [1.82, 2.24) is 4.90 Å². The quantitative estimate of drug-likeness (QED) is 0.794. The Morgan fingerprint density at radius 2 is 2.12 bits per heavy atom. The van der Waals surface area contributed by atoms with Crippen LogP contribution in [0.25, 0.3) is 0 Å². The molecule has 0 aliphatic carbocycles. The van der Waals surface area contributed by atoms with Gasteiger partial charge in [0.05, 0.1) is 0 Å². The maximum atomic E-state index is 9.76. The Labute approximate surface area is 102 Å². The summed E-state index contributed by atoms with van der Waals surface area (Å²) in [5, 5.41) is 9.76. The maximum absolute atomic E-state index is 9.76. The zero-order valence-corrected chi connectivity index (χ0v) is 10.6. The van der Waals surface area contributed by atoms with Crippen LogP contribution >= 0.6 is 0 Å². The van der Waals surface area contributed by atoms with Gasteiger partial charge in [0.15, 0.2) is 11.9 Å². The molecule has 1 N–H and O–H groups in total. The van der Waals surface area contributed by atoms with Crippen LogP contribution in [-0.2, 0) is 7.05 Å². The van der Waals surface area contributed by atoms with Gasteiger partial charge in [0.2, 0.25) is 11.4 Å². The number of rotatable bonds is 4. The van der Waals surface area contributed by atoms with Crippen molar-refractivity contribution in [2.45, 2.75) is 19.8 Å². The van der Waals surface area contributed by atoms with E-state index in [-0.39, 0.29) is 5.75 Å². The highest BCUT2D eigenvalue weighted by atomic mass is 16.5. The molecule has 1 aliphatic rings. The fourth-order valence-corrected chi connectivity index (χ4v) is 2.18. The molecule has 17 heavy (non-hydrogen) atoms. The van der Waals surface area contributed by atoms with E-state index < -0.39 is 0 Å². The first-order chi connectivity index (χ1) is 8.18. The molecule has 2 rings (SSSR count). The number of likely N-dealkylation sites (tertiary alicyclic amines) is 1. The number of hydrogen-bond donors (Lipinski definition) is 1. The molecule has 0 radical (unpaired) electrons. The van der Waals surface area contributed by atoms with Gasteiger partial charge in [-0.1, -0.05) is 0 Å². The Bertz CT molecular complexity index is 387. The molecule has 94 valence electrons. The predicted octanol–water partition coefficient (Wildman–Crippen LogP) is 1.000. The van der Waals surface area contributed by atoms with E-state index in [0.29, 0.717) is 12.4 Å². The van der Waals surface area contributed by atoms with Crippen LogP contribution in [0.5, 0.6) is 11.5 Å². The summed E-state index contributed by atoms with van der Waals surface area (Å²) >= 11 is 0. The van der Waals surface area contributed by atoms with E-state index in [1.165, 1.54) is 25.9 Å². The zero-order valence-electron chi connectivity index (χ0n) is 10.6. The van der Waals surface area contributed by atoms with Gasteiger partial charge in [-0.25, -0.2) is 4.57 Å². The summed E-state index contributed by atoms with van der Waals surface area (Å²) in [6.07, 6.45) is 4.42. The predicted molar refractivity (Wildman–Crippen MR) is 65.2 cm³/mol. The molecule has 1 saturated heterocycles. The Hall–Kier alpha value is -1.29. The lowest BCUT2D eigenvalue weighted by molar-refractivity contribution is -0.678. The molecule has 1 aromatic rings. The first-order valence-electron chi connectivity index (χ1n) is 6.22. The van der Waals surface area contributed by atoms with Gasteiger partial charge in [-0.05, 0) is 25.9 Å². The maximum Gasteiger partial charge on any atom is 0.228 e. The van der Waals surface area contributed by atoms with Crippen molar-refractivity contribution in [3.8, 4) is 11.5 Å². The lowest BCUT2D eigenvalue weighted by atomic mass is 10.3. The minimum Gasteiger partial charge on any atom is -0.504 e. The molecule has 0 amide bonds. The summed E-state index contributed by atoms with van der Waals surface area (Å²) < 4.78 is 7.65. The van der Waals surface area contributed by atoms with E-state index in [4.69, 9.17) is 4.74 Å². The molecule has 0 unspecified atom stereocenters. The van der Waals surface area contributed by atoms with Gasteiger partial charge in [-0.15, -0.1) is 0 Å². The molecular weight excluding hydrogens is 216 g/mol. The second-order valence-electron chi connectivity index (χ2n) is 4.62. The number of aryl methyl sites for hydroxylation is 1. The zero-order chi connectivity index (χ0) is 12.3. The average Bonchev–Trinajstić information content (AvgIpc) is 2.81. The minimum absolute atomic E-state index is 0.224. The Kier molecular flexibility index (Phi) is 3.84. The van der Waals surface area contributed by atoms with Crippen LogP contribution in [0.4, 0.5) is 0 Å². The molecule has 0 aromatic carbocycles. The van der Waals surface area contributed by atoms with Crippen LogP contribution in [0.2, 0.25) is 0 Å². The molecule has 2 heterocycles. The second-order valence-corrected chi connectivity index (χ2v) is 4.62. The molecule has 1 aromatic heterocycles. The van der Waals surface area contributed by atoms with Crippen molar-refractivity contribution in [3.63, 3.8) is 0 Å². The van der Waals surface area contributed by atoms with Gasteiger partial charge in [-0.3, -0.25) is 4.90 Å². The van der Waals surface area contributed by atoms with Gasteiger partial charge in [0.25, 0.3) is 0 Å². The van der Waals surface area contributed by atoms with Crippen LogP contribution in [-0.4, -0.2) is 36.2 Å². The van der Waals surface area contributed by atoms with Crippen molar-refractivity contribution in [2.75, 3.05) is 26.2 Å². The molecule has 4 nitrogen and oxygen atoms in total. The van der Waals surface area contributed by atoms with Gasteiger partial charge in [0.1, 0.15) is 13.7 Å². The van der Waals surface area contributed by atoms with Crippen LogP contribution in [0.3, 0.4) is 0 Å². The van der Waals surface area contributed by atoms with E-state index >= 15 is 0 Å². The molecule has 1 fully saturated rings. The van der Waals surface area contributed by atoms with Gasteiger partial charge in [-0.2, -0.15) is 0 Å². The summed E-state index contributed by atoms with van der Waals surface area (Å²) in [6, 6.07) is 1.66. The van der Waals surface area contributed by atoms with Crippen molar-refractivity contribution >= 4 is 0 Å². The first-order valence-corrected chi connectivity index (χ1v) is 6.22. The molecule has 0 atom stereocenters. The number of aromatic nitrogens is 1. The van der Waals surface area contributed by atoms with E-state index in [1.807, 2.05) is 24.7 Å². The largest absolute Gasteiger partial charge is 0.504 e. The fourth-order valence-electron chi connectivity index (χ4n) is 2.18. The fraction of sp³-hybridized carbons (Fsp3) is 0.615. The Morgan fingerprint density at radius 3 is 2.82 bits per heavy atom. The third kappa shape index (κ3) is 2.88. The number of pyridine rings is 1. The van der Waals surface area contributed by atoms with E-state index in [1.54, 1.807) is 6.07 Å². The number of hydrogen-bond acceptors (Lipinski definition) is 3. The standard InChI is InChI=1S/C13H20N2O2/c1-11-13(12(16)5-8-14(11)2)17-10-9-15-6-3-4-7-15/h5,8H,3-4,6-7,9-10H2,1-2H3/p+1. The molecule has 0 spiro atoms. The monoisotopic (exact) mass is 237 g/mol. The number of nitrogens with zero attached hydrogens (tertiary/aromatic N) is 2. The SMILES string of the molecule is Cc1c(OCCN2CCCC2)c(O)cc[n+]1C. The summed E-state index contributed by atoms with van der Waals surface area (Å²) in [5.74, 6) is 0.830. The highest BCUT2D eigenvalue weighted by Gasteiger charge is 2.16. The molecule has 0 bridgehead atoms. The Morgan fingerprint density at radius 1 is 1.41 bits per heavy atom. The van der Waals surface area contributed by atoms with Crippen LogP contribution in [0.15, 0.2) is 12.3 Å². The van der Waals surface area contributed by atoms with E-state index in [9.17, 15) is 5.11 Å². The van der Waals surface area contributed by atoms with E-state index in [0.717, 1.165) is 12.2 Å². The first kappa shape index (κ1) is 12.2. The van der Waals surface area contributed by atoms with Crippen LogP contribution in [0, 0.1) is 6.92 Å². The van der Waals surface area contributed by atoms with Gasteiger partial charge < -0.3 is 9.84 Å². The van der Waals surface area contributed by atoms with E-state index in [2.05, 4.69) is 4.90 Å². The second kappa shape index (κ2) is 5.36. The highest BCUT2D eigenvalue weighted by molar-refractivity contribution is 5.38. The lowest BCUT2D eigenvalue weighted by Crippen LogP contribution is -2.32. The molecule has 0 saturated carbocycles. The number of aromatic hydroxyl groups is 1. The van der Waals surface area contributed by atoms with Crippen molar-refractivity contribution in [1.29, 1.82) is 0 Å². The van der Waals surface area contributed by atoms with Crippen molar-refractivity contribution < 1.29 is 14.4 Å². The van der Waals surface area contributed by atoms with Crippen molar-refractivity contribution in [3.05, 3.63) is 18.0 Å². The summed E-state index contributed by atoms with van der Waals surface area (Å²) in [7, 11) is 1.95. The average molecular weight is 237 g/mol. The van der Waals surface area contributed by atoms with Crippen LogP contribution < -0.4 is 9.30 Å². The molecule has 4 heteroatoms. The van der Waals surface area contributed by atoms with Gasteiger partial charge in [0, 0.05) is 19.5 Å². The topological polar surface area (TPSA) is 36.6 Å². The third-order valence-corrected chi connectivity index (χ3v) is 3.40. The third-order valence-electron chi connectivity index (χ3n) is 3.40. The Balaban J connectivity index is 1.91. The lowest BCUT2D eigenvalue weighted by Gasteiger charge is -2.15. The normalized spacial score (nSPS) is 16.4. The molecule has 1 aliphatic heterocycles. The highest BCUT2D eigenvalue weighted by Crippen LogP contribution is 2.26. The smallest absolute Gasteiger partial charge is 0.228 e. The van der Waals surface area contributed by atoms with Crippen molar-refractivity contribution in [2.24, 2.45) is 7.05 Å². The van der Waals surface area contributed by atoms with Gasteiger partial charge >= 0.3 is 0 Å².